The van der Waals surface area contributed by atoms with E-state index < -0.39 is 11.8 Å². The largest absolute Gasteiger partial charge is 0.478 e. The van der Waals surface area contributed by atoms with Gasteiger partial charge in [-0.2, -0.15) is 0 Å². The predicted octanol–water partition coefficient (Wildman–Crippen LogP) is 3.24. The molecule has 0 aliphatic rings. The summed E-state index contributed by atoms with van der Waals surface area (Å²) < 4.78 is 13.1. The van der Waals surface area contributed by atoms with Crippen LogP contribution in [0.15, 0.2) is 36.5 Å². The predicted molar refractivity (Wildman–Crippen MR) is 61.6 cm³/mol. The van der Waals surface area contributed by atoms with E-state index in [4.69, 9.17) is 16.7 Å². The summed E-state index contributed by atoms with van der Waals surface area (Å²) in [6.07, 6.45) is 1.33. The number of benzene rings is 1. The van der Waals surface area contributed by atoms with Crippen LogP contribution in [0, 0.1) is 5.82 Å². The number of halogens is 2. The summed E-state index contributed by atoms with van der Waals surface area (Å²) in [5.74, 6) is -1.57. The monoisotopic (exact) mass is 251 g/mol. The second-order valence-electron chi connectivity index (χ2n) is 3.34. The molecule has 0 unspecified atom stereocenters. The molecule has 0 aliphatic carbocycles. The number of hydrogen-bond acceptors (Lipinski definition) is 2. The summed E-state index contributed by atoms with van der Waals surface area (Å²) >= 11 is 5.92. The van der Waals surface area contributed by atoms with Crippen molar-refractivity contribution in [1.82, 2.24) is 4.98 Å². The number of carbonyl (C=O) groups is 1. The normalized spacial score (nSPS) is 10.2. The van der Waals surface area contributed by atoms with E-state index >= 15 is 0 Å². The van der Waals surface area contributed by atoms with Gasteiger partial charge in [0.25, 0.3) is 0 Å². The Morgan fingerprint density at radius 1 is 1.35 bits per heavy atom. The topological polar surface area (TPSA) is 50.2 Å². The minimum atomic E-state index is -1.14. The fraction of sp³-hybridized carbons (Fsp3) is 0. The number of pyridine rings is 1. The van der Waals surface area contributed by atoms with Crippen LogP contribution < -0.4 is 0 Å². The van der Waals surface area contributed by atoms with Crippen molar-refractivity contribution in [3.63, 3.8) is 0 Å². The molecule has 0 spiro atoms. The van der Waals surface area contributed by atoms with E-state index in [0.29, 0.717) is 5.56 Å². The Hall–Kier alpha value is -1.94. The van der Waals surface area contributed by atoms with E-state index in [1.807, 2.05) is 0 Å². The Morgan fingerprint density at radius 2 is 2.12 bits per heavy atom. The third-order valence-corrected chi connectivity index (χ3v) is 2.60. The van der Waals surface area contributed by atoms with Gasteiger partial charge >= 0.3 is 5.97 Å². The third-order valence-electron chi connectivity index (χ3n) is 2.22. The highest BCUT2D eigenvalue weighted by Gasteiger charge is 2.14. The van der Waals surface area contributed by atoms with Crippen molar-refractivity contribution in [2.45, 2.75) is 0 Å². The summed E-state index contributed by atoms with van der Waals surface area (Å²) in [4.78, 5) is 14.9. The van der Waals surface area contributed by atoms with Gasteiger partial charge in [0.2, 0.25) is 0 Å². The lowest BCUT2D eigenvalue weighted by molar-refractivity contribution is 0.0697. The number of aromatic carboxylic acids is 1. The summed E-state index contributed by atoms with van der Waals surface area (Å²) in [5.41, 5.74) is 0.644. The minimum absolute atomic E-state index is 0.00519. The minimum Gasteiger partial charge on any atom is -0.478 e. The lowest BCUT2D eigenvalue weighted by Gasteiger charge is -2.05. The van der Waals surface area contributed by atoms with Gasteiger partial charge in [-0.05, 0) is 18.2 Å². The molecular formula is C12H7ClFNO2. The molecule has 86 valence electrons. The highest BCUT2D eigenvalue weighted by atomic mass is 35.5. The molecule has 1 aromatic carbocycles. The van der Waals surface area contributed by atoms with Crippen molar-refractivity contribution in [2.75, 3.05) is 0 Å². The van der Waals surface area contributed by atoms with Gasteiger partial charge in [0.1, 0.15) is 5.82 Å². The van der Waals surface area contributed by atoms with Crippen LogP contribution in [0.2, 0.25) is 5.02 Å². The number of aromatic nitrogens is 1. The van der Waals surface area contributed by atoms with Crippen LogP contribution in [0.1, 0.15) is 10.4 Å². The Balaban J connectivity index is 2.60. The van der Waals surface area contributed by atoms with Gasteiger partial charge in [0, 0.05) is 11.8 Å². The van der Waals surface area contributed by atoms with Gasteiger partial charge in [0.15, 0.2) is 0 Å². The third kappa shape index (κ3) is 2.26. The van der Waals surface area contributed by atoms with Crippen LogP contribution in [0.25, 0.3) is 11.3 Å². The first-order valence-corrected chi connectivity index (χ1v) is 5.11. The molecule has 17 heavy (non-hydrogen) atoms. The lowest BCUT2D eigenvalue weighted by atomic mass is 10.1. The van der Waals surface area contributed by atoms with Gasteiger partial charge < -0.3 is 5.11 Å². The Morgan fingerprint density at radius 3 is 2.76 bits per heavy atom. The molecule has 2 aromatic rings. The molecule has 0 saturated heterocycles. The van der Waals surface area contributed by atoms with Crippen molar-refractivity contribution >= 4 is 17.6 Å². The van der Waals surface area contributed by atoms with Crippen molar-refractivity contribution in [3.8, 4) is 11.3 Å². The molecule has 0 amide bonds. The Bertz CT molecular complexity index is 586. The van der Waals surface area contributed by atoms with Crippen LogP contribution in [0.4, 0.5) is 4.39 Å². The maximum atomic E-state index is 13.1. The zero-order chi connectivity index (χ0) is 12.4. The van der Waals surface area contributed by atoms with E-state index in [-0.39, 0.29) is 16.3 Å². The summed E-state index contributed by atoms with van der Waals surface area (Å²) in [5, 5.41) is 8.91. The average Bonchev–Trinajstić information content (AvgIpc) is 2.29. The molecule has 0 radical (unpaired) electrons. The van der Waals surface area contributed by atoms with Crippen molar-refractivity contribution in [1.29, 1.82) is 0 Å². The van der Waals surface area contributed by atoms with Crippen molar-refractivity contribution in [3.05, 3.63) is 52.9 Å². The maximum absolute atomic E-state index is 13.1. The molecule has 0 fully saturated rings. The van der Waals surface area contributed by atoms with Gasteiger partial charge in [0.05, 0.1) is 16.3 Å². The summed E-state index contributed by atoms with van der Waals surface area (Å²) in [7, 11) is 0. The van der Waals surface area contributed by atoms with Crippen LogP contribution in [-0.4, -0.2) is 16.1 Å². The lowest BCUT2D eigenvalue weighted by Crippen LogP contribution is -1.99. The molecule has 2 rings (SSSR count). The fourth-order valence-electron chi connectivity index (χ4n) is 1.45. The second kappa shape index (κ2) is 4.51. The first-order valence-electron chi connectivity index (χ1n) is 4.73. The highest BCUT2D eigenvalue weighted by Crippen LogP contribution is 2.28. The fourth-order valence-corrected chi connectivity index (χ4v) is 1.75. The van der Waals surface area contributed by atoms with Gasteiger partial charge in [-0.15, -0.1) is 0 Å². The standard InChI is InChI=1S/C12H7ClFNO2/c13-10-9(12(16)17)4-5-15-11(10)7-2-1-3-8(14)6-7/h1-6H,(H,16,17). The van der Waals surface area contributed by atoms with E-state index in [9.17, 15) is 9.18 Å². The summed E-state index contributed by atoms with van der Waals surface area (Å²) in [6.45, 7) is 0. The average molecular weight is 252 g/mol. The molecule has 0 bridgehead atoms. The van der Waals surface area contributed by atoms with E-state index in [2.05, 4.69) is 4.98 Å². The second-order valence-corrected chi connectivity index (χ2v) is 3.71. The molecule has 5 heteroatoms. The van der Waals surface area contributed by atoms with E-state index in [1.165, 1.54) is 30.5 Å². The van der Waals surface area contributed by atoms with Crippen LogP contribution >= 0.6 is 11.6 Å². The molecule has 1 heterocycles. The number of carboxylic acids is 1. The number of nitrogens with zero attached hydrogens (tertiary/aromatic N) is 1. The first kappa shape index (κ1) is 11.5. The van der Waals surface area contributed by atoms with Crippen LogP contribution in [-0.2, 0) is 0 Å². The molecule has 0 atom stereocenters. The zero-order valence-corrected chi connectivity index (χ0v) is 9.28. The zero-order valence-electron chi connectivity index (χ0n) is 8.52. The molecular weight excluding hydrogens is 245 g/mol. The first-order chi connectivity index (χ1) is 8.09. The Kier molecular flexibility index (Phi) is 3.06. The number of rotatable bonds is 2. The molecule has 1 N–H and O–H groups in total. The number of carboxylic acid groups (broad SMARTS) is 1. The molecule has 1 aromatic heterocycles. The van der Waals surface area contributed by atoms with Crippen LogP contribution in [0.5, 0.6) is 0 Å². The maximum Gasteiger partial charge on any atom is 0.337 e. The van der Waals surface area contributed by atoms with Gasteiger partial charge in [-0.1, -0.05) is 23.7 Å². The Labute approximate surface area is 101 Å². The SMILES string of the molecule is O=C(O)c1ccnc(-c2cccc(F)c2)c1Cl. The van der Waals surface area contributed by atoms with Crippen molar-refractivity contribution < 1.29 is 14.3 Å². The van der Waals surface area contributed by atoms with Gasteiger partial charge in [-0.3, -0.25) is 4.98 Å². The van der Waals surface area contributed by atoms with Crippen LogP contribution in [0.3, 0.4) is 0 Å². The van der Waals surface area contributed by atoms with Gasteiger partial charge in [-0.25, -0.2) is 9.18 Å². The molecule has 0 saturated carbocycles. The summed E-state index contributed by atoms with van der Waals surface area (Å²) in [6, 6.07) is 6.96. The van der Waals surface area contributed by atoms with E-state index in [0.717, 1.165) is 0 Å². The highest BCUT2D eigenvalue weighted by molar-refractivity contribution is 6.35. The smallest absolute Gasteiger partial charge is 0.337 e. The molecule has 3 nitrogen and oxygen atoms in total. The van der Waals surface area contributed by atoms with Crippen molar-refractivity contribution in [2.24, 2.45) is 0 Å². The van der Waals surface area contributed by atoms with E-state index in [1.54, 1.807) is 6.07 Å². The number of hydrogen-bond donors (Lipinski definition) is 1. The molecule has 0 aliphatic heterocycles. The quantitative estimate of drug-likeness (QED) is 0.891.